The molecule has 7 heteroatoms. The molecule has 1 aliphatic heterocycles. The van der Waals surface area contributed by atoms with E-state index in [9.17, 15) is 5.11 Å². The average molecular weight is 317 g/mol. The predicted molar refractivity (Wildman–Crippen MR) is 89.3 cm³/mol. The quantitative estimate of drug-likeness (QED) is 0.662. The fraction of sp³-hybridized carbons (Fsp3) is 0.333. The standard InChI is InChI=1S/C15H19N5OS/c16-14(18-11-12-1-3-13(21)4-2-12)19-6-8-20(9-7-19)15-17-5-10-22-15/h1-5,10,21H,6-9,11H2,(H2,16,18). The number of guanidine groups is 1. The van der Waals surface area contributed by atoms with E-state index in [-0.39, 0.29) is 5.75 Å². The van der Waals surface area contributed by atoms with E-state index in [1.165, 1.54) is 0 Å². The smallest absolute Gasteiger partial charge is 0.191 e. The van der Waals surface area contributed by atoms with Crippen molar-refractivity contribution in [3.05, 3.63) is 41.4 Å². The Bertz CT molecular complexity index is 618. The second-order valence-electron chi connectivity index (χ2n) is 5.13. The first-order valence-electron chi connectivity index (χ1n) is 7.19. The summed E-state index contributed by atoms with van der Waals surface area (Å²) in [6.45, 7) is 4.04. The third kappa shape index (κ3) is 3.48. The molecule has 0 bridgehead atoms. The van der Waals surface area contributed by atoms with Crippen molar-refractivity contribution in [2.75, 3.05) is 31.1 Å². The molecule has 116 valence electrons. The molecule has 1 aromatic heterocycles. The Morgan fingerprint density at radius 3 is 2.59 bits per heavy atom. The number of aromatic nitrogens is 1. The lowest BCUT2D eigenvalue weighted by molar-refractivity contribution is 0.380. The second-order valence-corrected chi connectivity index (χ2v) is 6.00. The number of thiazole rings is 1. The van der Waals surface area contributed by atoms with Gasteiger partial charge in [0.25, 0.3) is 0 Å². The van der Waals surface area contributed by atoms with Crippen molar-refractivity contribution in [3.63, 3.8) is 0 Å². The highest BCUT2D eigenvalue weighted by Crippen LogP contribution is 2.18. The number of hydrogen-bond acceptors (Lipinski definition) is 5. The lowest BCUT2D eigenvalue weighted by Gasteiger charge is -2.35. The van der Waals surface area contributed by atoms with Gasteiger partial charge in [0.15, 0.2) is 11.1 Å². The van der Waals surface area contributed by atoms with Gasteiger partial charge in [-0.3, -0.25) is 0 Å². The van der Waals surface area contributed by atoms with Crippen LogP contribution in [0.1, 0.15) is 5.56 Å². The SMILES string of the molecule is NC(=NCc1ccc(O)cc1)N1CCN(c2nccs2)CC1. The summed E-state index contributed by atoms with van der Waals surface area (Å²) < 4.78 is 0. The molecule has 3 rings (SSSR count). The van der Waals surface area contributed by atoms with Gasteiger partial charge in [-0.25, -0.2) is 9.98 Å². The van der Waals surface area contributed by atoms with E-state index >= 15 is 0 Å². The number of phenolic OH excluding ortho intramolecular Hbond substituents is 1. The van der Waals surface area contributed by atoms with Crippen molar-refractivity contribution in [1.82, 2.24) is 9.88 Å². The highest BCUT2D eigenvalue weighted by atomic mass is 32.1. The highest BCUT2D eigenvalue weighted by Gasteiger charge is 2.19. The first kappa shape index (κ1) is 14.6. The molecule has 0 saturated carbocycles. The van der Waals surface area contributed by atoms with Crippen LogP contribution in [0, 0.1) is 0 Å². The summed E-state index contributed by atoms with van der Waals surface area (Å²) in [5.41, 5.74) is 7.12. The molecule has 0 spiro atoms. The molecule has 1 saturated heterocycles. The Hall–Kier alpha value is -2.28. The summed E-state index contributed by atoms with van der Waals surface area (Å²) >= 11 is 1.66. The molecule has 0 radical (unpaired) electrons. The number of rotatable bonds is 3. The number of hydrogen-bond donors (Lipinski definition) is 2. The van der Waals surface area contributed by atoms with Gasteiger partial charge in [-0.05, 0) is 17.7 Å². The summed E-state index contributed by atoms with van der Waals surface area (Å²) in [6.07, 6.45) is 1.83. The number of phenols is 1. The van der Waals surface area contributed by atoms with Crippen molar-refractivity contribution < 1.29 is 5.11 Å². The molecule has 1 aliphatic rings. The van der Waals surface area contributed by atoms with E-state index in [0.717, 1.165) is 36.9 Å². The van der Waals surface area contributed by atoms with Gasteiger partial charge in [-0.1, -0.05) is 12.1 Å². The van der Waals surface area contributed by atoms with Crippen LogP contribution in [-0.2, 0) is 6.54 Å². The van der Waals surface area contributed by atoms with E-state index < -0.39 is 0 Å². The summed E-state index contributed by atoms with van der Waals surface area (Å²) in [6, 6.07) is 7.03. The van der Waals surface area contributed by atoms with E-state index in [1.807, 2.05) is 23.7 Å². The van der Waals surface area contributed by atoms with Crippen LogP contribution in [0.2, 0.25) is 0 Å². The Morgan fingerprint density at radius 2 is 1.95 bits per heavy atom. The van der Waals surface area contributed by atoms with Crippen LogP contribution in [-0.4, -0.2) is 47.1 Å². The molecule has 2 heterocycles. The van der Waals surface area contributed by atoms with Crippen molar-refractivity contribution in [2.45, 2.75) is 6.54 Å². The monoisotopic (exact) mass is 317 g/mol. The van der Waals surface area contributed by atoms with Gasteiger partial charge in [0.1, 0.15) is 5.75 Å². The van der Waals surface area contributed by atoms with Crippen LogP contribution in [0.15, 0.2) is 40.8 Å². The molecular formula is C15H19N5OS. The number of anilines is 1. The number of nitrogens with two attached hydrogens (primary N) is 1. The third-order valence-corrected chi connectivity index (χ3v) is 4.49. The number of benzene rings is 1. The minimum atomic E-state index is 0.263. The van der Waals surface area contributed by atoms with Crippen LogP contribution in [0.5, 0.6) is 5.75 Å². The molecule has 1 fully saturated rings. The molecule has 22 heavy (non-hydrogen) atoms. The van der Waals surface area contributed by atoms with Crippen molar-refractivity contribution >= 4 is 22.4 Å². The summed E-state index contributed by atoms with van der Waals surface area (Å²) in [7, 11) is 0. The Kier molecular flexibility index (Phi) is 4.43. The molecular weight excluding hydrogens is 298 g/mol. The lowest BCUT2D eigenvalue weighted by atomic mass is 10.2. The van der Waals surface area contributed by atoms with E-state index in [1.54, 1.807) is 23.5 Å². The van der Waals surface area contributed by atoms with Gasteiger partial charge in [-0.15, -0.1) is 11.3 Å². The minimum Gasteiger partial charge on any atom is -0.508 e. The number of nitrogens with zero attached hydrogens (tertiary/aromatic N) is 4. The van der Waals surface area contributed by atoms with Crippen molar-refractivity contribution in [1.29, 1.82) is 0 Å². The first-order valence-corrected chi connectivity index (χ1v) is 8.07. The van der Waals surface area contributed by atoms with Gasteiger partial charge in [-0.2, -0.15) is 0 Å². The normalized spacial score (nSPS) is 16.1. The average Bonchev–Trinajstić information content (AvgIpc) is 3.09. The van der Waals surface area contributed by atoms with Crippen LogP contribution in [0.4, 0.5) is 5.13 Å². The van der Waals surface area contributed by atoms with Gasteiger partial charge in [0.05, 0.1) is 6.54 Å². The van der Waals surface area contributed by atoms with Gasteiger partial charge >= 0.3 is 0 Å². The zero-order valence-corrected chi connectivity index (χ0v) is 13.0. The minimum absolute atomic E-state index is 0.263. The predicted octanol–water partition coefficient (Wildman–Crippen LogP) is 1.49. The van der Waals surface area contributed by atoms with Crippen molar-refractivity contribution in [3.8, 4) is 5.75 Å². The van der Waals surface area contributed by atoms with Crippen LogP contribution >= 0.6 is 11.3 Å². The Labute approximate surface area is 133 Å². The topological polar surface area (TPSA) is 78.0 Å². The fourth-order valence-corrected chi connectivity index (χ4v) is 3.07. The summed E-state index contributed by atoms with van der Waals surface area (Å²) in [5, 5.41) is 12.3. The van der Waals surface area contributed by atoms with Crippen LogP contribution < -0.4 is 10.6 Å². The molecule has 0 atom stereocenters. The van der Waals surface area contributed by atoms with Crippen LogP contribution in [0.3, 0.4) is 0 Å². The maximum Gasteiger partial charge on any atom is 0.191 e. The molecule has 3 N–H and O–H groups in total. The maximum atomic E-state index is 9.26. The van der Waals surface area contributed by atoms with Gasteiger partial charge in [0.2, 0.25) is 0 Å². The Balaban J connectivity index is 1.54. The first-order chi connectivity index (χ1) is 10.7. The molecule has 2 aromatic rings. The number of piperazine rings is 1. The third-order valence-electron chi connectivity index (χ3n) is 3.65. The van der Waals surface area contributed by atoms with E-state index in [4.69, 9.17) is 5.73 Å². The van der Waals surface area contributed by atoms with E-state index in [0.29, 0.717) is 12.5 Å². The van der Waals surface area contributed by atoms with Gasteiger partial charge in [0, 0.05) is 37.8 Å². The molecule has 6 nitrogen and oxygen atoms in total. The van der Waals surface area contributed by atoms with Gasteiger partial charge < -0.3 is 20.6 Å². The lowest BCUT2D eigenvalue weighted by Crippen LogP contribution is -2.51. The zero-order chi connectivity index (χ0) is 15.4. The number of aromatic hydroxyl groups is 1. The Morgan fingerprint density at radius 1 is 1.23 bits per heavy atom. The fourth-order valence-electron chi connectivity index (χ4n) is 2.37. The maximum absolute atomic E-state index is 9.26. The number of aliphatic imine (C=N–C) groups is 1. The molecule has 1 aromatic carbocycles. The second kappa shape index (κ2) is 6.65. The van der Waals surface area contributed by atoms with Crippen molar-refractivity contribution in [2.24, 2.45) is 10.7 Å². The van der Waals surface area contributed by atoms with Crippen LogP contribution in [0.25, 0.3) is 0 Å². The summed E-state index contributed by atoms with van der Waals surface area (Å²) in [5.74, 6) is 0.839. The molecule has 0 unspecified atom stereocenters. The largest absolute Gasteiger partial charge is 0.508 e. The zero-order valence-electron chi connectivity index (χ0n) is 12.2. The highest BCUT2D eigenvalue weighted by molar-refractivity contribution is 7.13. The van der Waals surface area contributed by atoms with E-state index in [2.05, 4.69) is 19.8 Å². The summed E-state index contributed by atoms with van der Waals surface area (Å²) in [4.78, 5) is 13.2. The molecule has 0 aliphatic carbocycles. The molecule has 0 amide bonds.